The molecule has 0 heterocycles. The lowest BCUT2D eigenvalue weighted by Gasteiger charge is -2.20. The highest BCUT2D eigenvalue weighted by Crippen LogP contribution is 1.98. The Balaban J connectivity index is 2.71. The zero-order chi connectivity index (χ0) is 9.90. The van der Waals surface area contributed by atoms with Crippen molar-refractivity contribution in [2.45, 2.75) is 12.7 Å². The van der Waals surface area contributed by atoms with E-state index < -0.39 is 5.79 Å². The van der Waals surface area contributed by atoms with Gasteiger partial charge in [-0.05, 0) is 19.1 Å². The van der Waals surface area contributed by atoms with E-state index in [4.69, 9.17) is 11.5 Å². The lowest BCUT2D eigenvalue weighted by molar-refractivity contribution is 0.0911. The Morgan fingerprint density at radius 1 is 1.31 bits per heavy atom. The van der Waals surface area contributed by atoms with Crippen molar-refractivity contribution in [3.63, 3.8) is 0 Å². The largest absolute Gasteiger partial charge is 0.322 e. The van der Waals surface area contributed by atoms with Crippen molar-refractivity contribution in [3.8, 4) is 0 Å². The molecule has 0 bridgehead atoms. The van der Waals surface area contributed by atoms with E-state index in [1.807, 2.05) is 6.07 Å². The second-order valence-electron chi connectivity index (χ2n) is 3.10. The van der Waals surface area contributed by atoms with Gasteiger partial charge in [0.1, 0.15) is 5.79 Å². The van der Waals surface area contributed by atoms with Gasteiger partial charge in [-0.25, -0.2) is 0 Å². The Labute approximate surface area is 76.9 Å². The molecule has 0 spiro atoms. The maximum absolute atomic E-state index is 11.4. The van der Waals surface area contributed by atoms with Crippen LogP contribution in [0, 0.1) is 0 Å². The third kappa shape index (κ3) is 3.23. The molecule has 0 aromatic heterocycles. The maximum atomic E-state index is 11.4. The molecule has 0 radical (unpaired) electrons. The first kappa shape index (κ1) is 9.70. The summed E-state index contributed by atoms with van der Waals surface area (Å²) in [5.74, 6) is -1.44. The quantitative estimate of drug-likeness (QED) is 0.559. The van der Waals surface area contributed by atoms with E-state index in [0.29, 0.717) is 5.56 Å². The third-order valence-electron chi connectivity index (χ3n) is 1.42. The highest BCUT2D eigenvalue weighted by molar-refractivity contribution is 5.94. The summed E-state index contributed by atoms with van der Waals surface area (Å²) < 4.78 is 0. The van der Waals surface area contributed by atoms with E-state index in [0.717, 1.165) is 0 Å². The number of nitrogens with one attached hydrogen (secondary N) is 1. The van der Waals surface area contributed by atoms with Crippen LogP contribution in [0.4, 0.5) is 0 Å². The van der Waals surface area contributed by atoms with Crippen molar-refractivity contribution in [1.29, 1.82) is 0 Å². The molecule has 1 aromatic rings. The minimum atomic E-state index is -1.17. The van der Waals surface area contributed by atoms with E-state index in [1.165, 1.54) is 6.92 Å². The Kier molecular flexibility index (Phi) is 2.65. The first-order chi connectivity index (χ1) is 5.99. The highest BCUT2D eigenvalue weighted by Gasteiger charge is 2.15. The first-order valence-electron chi connectivity index (χ1n) is 3.94. The van der Waals surface area contributed by atoms with Gasteiger partial charge in [-0.2, -0.15) is 0 Å². The van der Waals surface area contributed by atoms with Crippen LogP contribution in [0.1, 0.15) is 17.3 Å². The summed E-state index contributed by atoms with van der Waals surface area (Å²) in [6, 6.07) is 8.78. The number of hydrogen-bond donors (Lipinski definition) is 3. The molecule has 0 aliphatic heterocycles. The second-order valence-corrected chi connectivity index (χ2v) is 3.10. The SMILES string of the molecule is CC(N)(N)NC(=O)c1ccccc1. The number of amides is 1. The molecule has 1 aromatic carbocycles. The number of nitrogens with two attached hydrogens (primary N) is 2. The van der Waals surface area contributed by atoms with Gasteiger partial charge in [-0.3, -0.25) is 16.3 Å². The van der Waals surface area contributed by atoms with Gasteiger partial charge in [0.15, 0.2) is 0 Å². The molecule has 1 rings (SSSR count). The standard InChI is InChI=1S/C9H13N3O/c1-9(10,11)12-8(13)7-5-3-2-4-6-7/h2-6H,10-11H2,1H3,(H,12,13). The zero-order valence-electron chi connectivity index (χ0n) is 7.45. The van der Waals surface area contributed by atoms with E-state index in [2.05, 4.69) is 5.32 Å². The Hall–Kier alpha value is -1.39. The van der Waals surface area contributed by atoms with E-state index in [1.54, 1.807) is 24.3 Å². The molecule has 0 unspecified atom stereocenters. The van der Waals surface area contributed by atoms with Crippen LogP contribution in [-0.4, -0.2) is 11.7 Å². The molecule has 0 aliphatic carbocycles. The summed E-state index contributed by atoms with van der Waals surface area (Å²) >= 11 is 0. The van der Waals surface area contributed by atoms with Crippen LogP contribution < -0.4 is 16.8 Å². The highest BCUT2D eigenvalue weighted by atomic mass is 16.2. The van der Waals surface area contributed by atoms with Crippen molar-refractivity contribution in [1.82, 2.24) is 5.32 Å². The van der Waals surface area contributed by atoms with Crippen molar-refractivity contribution < 1.29 is 4.79 Å². The van der Waals surface area contributed by atoms with Crippen molar-refractivity contribution >= 4 is 5.91 Å². The van der Waals surface area contributed by atoms with Gasteiger partial charge < -0.3 is 5.32 Å². The lowest BCUT2D eigenvalue weighted by atomic mass is 10.2. The summed E-state index contributed by atoms with van der Waals surface area (Å²) in [5, 5.41) is 2.45. The molecule has 0 saturated carbocycles. The fraction of sp³-hybridized carbons (Fsp3) is 0.222. The van der Waals surface area contributed by atoms with Crippen LogP contribution in [0.25, 0.3) is 0 Å². The predicted octanol–water partition coefficient (Wildman–Crippen LogP) is 0.00750. The van der Waals surface area contributed by atoms with Crippen molar-refractivity contribution in [2.75, 3.05) is 0 Å². The minimum Gasteiger partial charge on any atom is -0.322 e. The number of carbonyl (C=O) groups is 1. The molecule has 4 nitrogen and oxygen atoms in total. The van der Waals surface area contributed by atoms with Gasteiger partial charge in [-0.1, -0.05) is 18.2 Å². The minimum absolute atomic E-state index is 0.270. The van der Waals surface area contributed by atoms with Crippen LogP contribution in [0.3, 0.4) is 0 Å². The molecule has 0 fully saturated rings. The summed E-state index contributed by atoms with van der Waals surface area (Å²) in [4.78, 5) is 11.4. The van der Waals surface area contributed by atoms with Gasteiger partial charge in [0.25, 0.3) is 5.91 Å². The van der Waals surface area contributed by atoms with Crippen LogP contribution in [0.5, 0.6) is 0 Å². The predicted molar refractivity (Wildman–Crippen MR) is 50.7 cm³/mol. The van der Waals surface area contributed by atoms with E-state index in [9.17, 15) is 4.79 Å². The van der Waals surface area contributed by atoms with Crippen LogP contribution in [-0.2, 0) is 0 Å². The number of benzene rings is 1. The molecule has 1 amide bonds. The fourth-order valence-corrected chi connectivity index (χ4v) is 0.906. The number of rotatable bonds is 2. The normalized spacial score (nSPS) is 11.0. The van der Waals surface area contributed by atoms with Crippen molar-refractivity contribution in [2.24, 2.45) is 11.5 Å². The van der Waals surface area contributed by atoms with E-state index in [-0.39, 0.29) is 5.91 Å². The monoisotopic (exact) mass is 179 g/mol. The summed E-state index contributed by atoms with van der Waals surface area (Å²) in [5.41, 5.74) is 11.4. The molecular formula is C9H13N3O. The maximum Gasteiger partial charge on any atom is 0.253 e. The summed E-state index contributed by atoms with van der Waals surface area (Å²) in [6.07, 6.45) is 0. The molecular weight excluding hydrogens is 166 g/mol. The number of hydrogen-bond acceptors (Lipinski definition) is 3. The van der Waals surface area contributed by atoms with Gasteiger partial charge in [-0.15, -0.1) is 0 Å². The topological polar surface area (TPSA) is 81.1 Å². The molecule has 0 aliphatic rings. The Morgan fingerprint density at radius 3 is 2.31 bits per heavy atom. The molecule has 0 atom stereocenters. The average Bonchev–Trinajstić information content (AvgIpc) is 2.03. The fourth-order valence-electron chi connectivity index (χ4n) is 0.906. The lowest BCUT2D eigenvalue weighted by Crippen LogP contribution is -2.60. The van der Waals surface area contributed by atoms with Crippen LogP contribution in [0.15, 0.2) is 30.3 Å². The van der Waals surface area contributed by atoms with Crippen LogP contribution in [0.2, 0.25) is 0 Å². The zero-order valence-corrected chi connectivity index (χ0v) is 7.45. The van der Waals surface area contributed by atoms with Gasteiger partial charge >= 0.3 is 0 Å². The Bertz CT molecular complexity index is 289. The van der Waals surface area contributed by atoms with Crippen molar-refractivity contribution in [3.05, 3.63) is 35.9 Å². The molecule has 5 N–H and O–H groups in total. The Morgan fingerprint density at radius 2 is 1.85 bits per heavy atom. The molecule has 0 saturated heterocycles. The summed E-state index contributed by atoms with van der Waals surface area (Å²) in [7, 11) is 0. The molecule has 70 valence electrons. The second kappa shape index (κ2) is 3.55. The first-order valence-corrected chi connectivity index (χ1v) is 3.94. The average molecular weight is 179 g/mol. The molecule has 13 heavy (non-hydrogen) atoms. The van der Waals surface area contributed by atoms with E-state index >= 15 is 0 Å². The van der Waals surface area contributed by atoms with Gasteiger partial charge in [0.05, 0.1) is 0 Å². The van der Waals surface area contributed by atoms with Crippen LogP contribution >= 0.6 is 0 Å². The number of carbonyl (C=O) groups excluding carboxylic acids is 1. The smallest absolute Gasteiger partial charge is 0.253 e. The van der Waals surface area contributed by atoms with Gasteiger partial charge in [0.2, 0.25) is 0 Å². The van der Waals surface area contributed by atoms with Gasteiger partial charge in [0, 0.05) is 5.56 Å². The third-order valence-corrected chi connectivity index (χ3v) is 1.42. The summed E-state index contributed by atoms with van der Waals surface area (Å²) in [6.45, 7) is 1.52. The molecule has 4 heteroatoms.